The predicted octanol–water partition coefficient (Wildman–Crippen LogP) is 3.35. The average Bonchev–Trinajstić information content (AvgIpc) is 2.77. The SMILES string of the molecule is CC(=O)[C@H](C)Sc1nnc(NC2CCCCC2)s1. The largest absolute Gasteiger partial charge is 0.357 e. The Bertz CT molecular complexity index is 402. The molecule has 0 spiro atoms. The maximum atomic E-state index is 11.2. The van der Waals surface area contributed by atoms with Gasteiger partial charge in [0.1, 0.15) is 5.78 Å². The number of hydrogen-bond acceptors (Lipinski definition) is 6. The van der Waals surface area contributed by atoms with E-state index < -0.39 is 0 Å². The van der Waals surface area contributed by atoms with Crippen LogP contribution in [0.1, 0.15) is 46.0 Å². The summed E-state index contributed by atoms with van der Waals surface area (Å²) in [4.78, 5) is 11.2. The van der Waals surface area contributed by atoms with Crippen LogP contribution in [0.2, 0.25) is 0 Å². The number of rotatable bonds is 5. The molecule has 1 atom stereocenters. The van der Waals surface area contributed by atoms with Crippen molar-refractivity contribution in [2.45, 2.75) is 61.6 Å². The molecule has 1 aromatic heterocycles. The summed E-state index contributed by atoms with van der Waals surface area (Å²) in [5.41, 5.74) is 0. The van der Waals surface area contributed by atoms with Gasteiger partial charge >= 0.3 is 0 Å². The molecule has 0 aliphatic heterocycles. The van der Waals surface area contributed by atoms with E-state index >= 15 is 0 Å². The number of nitrogens with zero attached hydrogens (tertiary/aromatic N) is 2. The van der Waals surface area contributed by atoms with E-state index in [1.807, 2.05) is 6.92 Å². The zero-order valence-corrected chi connectivity index (χ0v) is 12.4. The fourth-order valence-corrected chi connectivity index (χ4v) is 3.94. The van der Waals surface area contributed by atoms with Gasteiger partial charge in [0.15, 0.2) is 4.34 Å². The molecule has 4 nitrogen and oxygen atoms in total. The Kier molecular flexibility index (Phi) is 5.00. The van der Waals surface area contributed by atoms with Crippen molar-refractivity contribution in [3.63, 3.8) is 0 Å². The minimum absolute atomic E-state index is 0.0412. The minimum Gasteiger partial charge on any atom is -0.357 e. The van der Waals surface area contributed by atoms with E-state index in [1.54, 1.807) is 18.3 Å². The highest BCUT2D eigenvalue weighted by molar-refractivity contribution is 8.02. The zero-order valence-electron chi connectivity index (χ0n) is 10.8. The van der Waals surface area contributed by atoms with Gasteiger partial charge in [-0.3, -0.25) is 4.79 Å². The molecule has 1 aliphatic rings. The van der Waals surface area contributed by atoms with E-state index in [-0.39, 0.29) is 11.0 Å². The number of anilines is 1. The lowest BCUT2D eigenvalue weighted by Crippen LogP contribution is -2.21. The van der Waals surface area contributed by atoms with Crippen molar-refractivity contribution in [2.24, 2.45) is 0 Å². The van der Waals surface area contributed by atoms with Crippen LogP contribution in [-0.4, -0.2) is 27.3 Å². The number of hydrogen-bond donors (Lipinski definition) is 1. The molecule has 0 radical (unpaired) electrons. The van der Waals surface area contributed by atoms with Crippen LogP contribution >= 0.6 is 23.1 Å². The fraction of sp³-hybridized carbons (Fsp3) is 0.750. The quantitative estimate of drug-likeness (QED) is 0.841. The van der Waals surface area contributed by atoms with Crippen LogP contribution in [0.5, 0.6) is 0 Å². The minimum atomic E-state index is -0.0412. The van der Waals surface area contributed by atoms with Crippen molar-refractivity contribution in [3.8, 4) is 0 Å². The van der Waals surface area contributed by atoms with Crippen molar-refractivity contribution < 1.29 is 4.79 Å². The second kappa shape index (κ2) is 6.52. The Balaban J connectivity index is 1.87. The topological polar surface area (TPSA) is 54.9 Å². The number of nitrogens with one attached hydrogen (secondary N) is 1. The van der Waals surface area contributed by atoms with Crippen molar-refractivity contribution in [1.82, 2.24) is 10.2 Å². The first-order chi connectivity index (χ1) is 8.65. The third-order valence-electron chi connectivity index (χ3n) is 3.19. The van der Waals surface area contributed by atoms with Crippen molar-refractivity contribution in [1.29, 1.82) is 0 Å². The van der Waals surface area contributed by atoms with Crippen molar-refractivity contribution >= 4 is 34.0 Å². The maximum Gasteiger partial charge on any atom is 0.206 e. The molecule has 1 N–H and O–H groups in total. The monoisotopic (exact) mass is 285 g/mol. The third kappa shape index (κ3) is 3.95. The summed E-state index contributed by atoms with van der Waals surface area (Å²) >= 11 is 3.04. The van der Waals surface area contributed by atoms with Crippen LogP contribution in [0.25, 0.3) is 0 Å². The molecule has 0 amide bonds. The highest BCUT2D eigenvalue weighted by atomic mass is 32.2. The lowest BCUT2D eigenvalue weighted by atomic mass is 9.96. The summed E-state index contributed by atoms with van der Waals surface area (Å²) < 4.78 is 0.871. The van der Waals surface area contributed by atoms with Gasteiger partial charge in [0.05, 0.1) is 5.25 Å². The molecular weight excluding hydrogens is 266 g/mol. The first-order valence-corrected chi connectivity index (χ1v) is 8.12. The second-order valence-electron chi connectivity index (χ2n) is 4.72. The number of thioether (sulfide) groups is 1. The fourth-order valence-electron chi connectivity index (χ4n) is 1.97. The van der Waals surface area contributed by atoms with Crippen molar-refractivity contribution in [3.05, 3.63) is 0 Å². The second-order valence-corrected chi connectivity index (χ2v) is 7.29. The van der Waals surface area contributed by atoms with E-state index in [1.165, 1.54) is 43.9 Å². The van der Waals surface area contributed by atoms with E-state index in [2.05, 4.69) is 15.5 Å². The number of carbonyl (C=O) groups excluding carboxylic acids is 1. The Morgan fingerprint density at radius 3 is 2.78 bits per heavy atom. The van der Waals surface area contributed by atoms with Crippen LogP contribution in [-0.2, 0) is 4.79 Å². The van der Waals surface area contributed by atoms with E-state index in [0.717, 1.165) is 9.47 Å². The molecule has 0 bridgehead atoms. The van der Waals surface area contributed by atoms with Crippen LogP contribution in [0, 0.1) is 0 Å². The summed E-state index contributed by atoms with van der Waals surface area (Å²) in [5.74, 6) is 0.178. The van der Waals surface area contributed by atoms with Crippen LogP contribution in [0.4, 0.5) is 5.13 Å². The highest BCUT2D eigenvalue weighted by Gasteiger charge is 2.17. The predicted molar refractivity (Wildman–Crippen MR) is 76.4 cm³/mol. The first kappa shape index (κ1) is 13.8. The molecule has 1 fully saturated rings. The molecule has 100 valence electrons. The van der Waals surface area contributed by atoms with Gasteiger partial charge in [0.2, 0.25) is 5.13 Å². The lowest BCUT2D eigenvalue weighted by Gasteiger charge is -2.21. The summed E-state index contributed by atoms with van der Waals surface area (Å²) in [7, 11) is 0. The molecule has 1 aliphatic carbocycles. The van der Waals surface area contributed by atoms with Crippen LogP contribution in [0.3, 0.4) is 0 Å². The first-order valence-electron chi connectivity index (χ1n) is 6.42. The number of ketones is 1. The van der Waals surface area contributed by atoms with Gasteiger partial charge in [-0.15, -0.1) is 10.2 Å². The summed E-state index contributed by atoms with van der Waals surface area (Å²) in [6.45, 7) is 3.52. The summed E-state index contributed by atoms with van der Waals surface area (Å²) in [6.07, 6.45) is 6.42. The van der Waals surface area contributed by atoms with E-state index in [9.17, 15) is 4.79 Å². The maximum absolute atomic E-state index is 11.2. The molecular formula is C12H19N3OS2. The van der Waals surface area contributed by atoms with Gasteiger partial charge in [-0.25, -0.2) is 0 Å². The smallest absolute Gasteiger partial charge is 0.206 e. The molecule has 1 saturated carbocycles. The molecule has 0 unspecified atom stereocenters. The van der Waals surface area contributed by atoms with Gasteiger partial charge in [-0.05, 0) is 26.7 Å². The third-order valence-corrected chi connectivity index (χ3v) is 5.35. The van der Waals surface area contributed by atoms with Crippen LogP contribution in [0.15, 0.2) is 4.34 Å². The van der Waals surface area contributed by atoms with Gasteiger partial charge in [0.25, 0.3) is 0 Å². The number of aromatic nitrogens is 2. The molecule has 18 heavy (non-hydrogen) atoms. The van der Waals surface area contributed by atoms with Gasteiger partial charge < -0.3 is 5.32 Å². The van der Waals surface area contributed by atoms with E-state index in [4.69, 9.17) is 0 Å². The number of carbonyl (C=O) groups is 1. The van der Waals surface area contributed by atoms with Crippen LogP contribution < -0.4 is 5.32 Å². The molecule has 6 heteroatoms. The average molecular weight is 285 g/mol. The van der Waals surface area contributed by atoms with Gasteiger partial charge in [-0.2, -0.15) is 0 Å². The molecule has 0 saturated heterocycles. The molecule has 1 heterocycles. The Morgan fingerprint density at radius 1 is 1.39 bits per heavy atom. The Morgan fingerprint density at radius 2 is 2.11 bits per heavy atom. The summed E-state index contributed by atoms with van der Waals surface area (Å²) in [6, 6.07) is 0.551. The molecule has 2 rings (SSSR count). The highest BCUT2D eigenvalue weighted by Crippen LogP contribution is 2.30. The Labute approximate surface area is 116 Å². The zero-order chi connectivity index (χ0) is 13.0. The van der Waals surface area contributed by atoms with Gasteiger partial charge in [0, 0.05) is 6.04 Å². The molecule has 1 aromatic rings. The standard InChI is InChI=1S/C12H19N3OS2/c1-8(16)9(2)17-12-15-14-11(18-12)13-10-6-4-3-5-7-10/h9-10H,3-7H2,1-2H3,(H,13,14)/t9-/m0/s1. The normalized spacial score (nSPS) is 18.6. The number of Topliss-reactive ketones (excluding diaryl/α,β-unsaturated/α-hetero) is 1. The lowest BCUT2D eigenvalue weighted by molar-refractivity contribution is -0.116. The molecule has 0 aromatic carbocycles. The summed E-state index contributed by atoms with van der Waals surface area (Å²) in [5, 5.41) is 12.6. The van der Waals surface area contributed by atoms with E-state index in [0.29, 0.717) is 6.04 Å². The van der Waals surface area contributed by atoms with Gasteiger partial charge in [-0.1, -0.05) is 42.4 Å². The Hall–Kier alpha value is -0.620. The van der Waals surface area contributed by atoms with Crippen molar-refractivity contribution in [2.75, 3.05) is 5.32 Å².